The van der Waals surface area contributed by atoms with Crippen LogP contribution in [0.2, 0.25) is 0 Å². The van der Waals surface area contributed by atoms with Crippen LogP contribution in [0.15, 0.2) is 0 Å². The molecule has 0 aromatic heterocycles. The van der Waals surface area contributed by atoms with E-state index in [1.807, 2.05) is 0 Å². The van der Waals surface area contributed by atoms with Gasteiger partial charge >= 0.3 is 0 Å². The van der Waals surface area contributed by atoms with Gasteiger partial charge in [-0.2, -0.15) is 4.84 Å². The van der Waals surface area contributed by atoms with Gasteiger partial charge in [0.1, 0.15) is 0 Å². The van der Waals surface area contributed by atoms with Gasteiger partial charge in [-0.3, -0.25) is 9.59 Å². The lowest BCUT2D eigenvalue weighted by Gasteiger charge is -2.22. The number of Topliss-reactive ketones (excluding diaryl/α,β-unsaturated/α-hetero) is 1. The van der Waals surface area contributed by atoms with E-state index in [2.05, 4.69) is 0 Å². The lowest BCUT2D eigenvalue weighted by molar-refractivity contribution is -0.720. The third-order valence-corrected chi connectivity index (χ3v) is 3.94. The molecule has 18 heavy (non-hydrogen) atoms. The van der Waals surface area contributed by atoms with E-state index in [9.17, 15) is 14.8 Å². The summed E-state index contributed by atoms with van der Waals surface area (Å²) in [6.07, 6.45) is 1.15. The smallest absolute Gasteiger partial charge is 0.264 e. The Labute approximate surface area is 104 Å². The van der Waals surface area contributed by atoms with E-state index in [0.29, 0.717) is 24.2 Å². The van der Waals surface area contributed by atoms with Crippen molar-refractivity contribution in [2.24, 2.45) is 0 Å². The molecule has 2 atom stereocenters. The Morgan fingerprint density at radius 1 is 1.50 bits per heavy atom. The van der Waals surface area contributed by atoms with Crippen LogP contribution in [0.4, 0.5) is 0 Å². The summed E-state index contributed by atoms with van der Waals surface area (Å²) in [4.78, 5) is 31.3. The highest BCUT2D eigenvalue weighted by molar-refractivity contribution is 6.41. The Morgan fingerprint density at radius 2 is 2.22 bits per heavy atom. The number of carbonyl (C=O) groups is 2. The molecule has 0 aromatic carbocycles. The van der Waals surface area contributed by atoms with Crippen LogP contribution in [0, 0.1) is 5.21 Å². The van der Waals surface area contributed by atoms with Crippen molar-refractivity contribution in [1.29, 1.82) is 0 Å². The molecule has 0 N–H and O–H groups in total. The molecule has 3 rings (SSSR count). The number of ketones is 1. The SMILES string of the molecule is CC1=[N+]([O-])N2O[C@@H](N3CCCC3=O)C[C@@]2(C)C1=O. The molecule has 98 valence electrons. The molecule has 0 radical (unpaired) electrons. The summed E-state index contributed by atoms with van der Waals surface area (Å²) in [5.41, 5.74) is -0.844. The number of amides is 1. The molecule has 0 aromatic rings. The fourth-order valence-electron chi connectivity index (χ4n) is 2.86. The van der Waals surface area contributed by atoms with Crippen LogP contribution < -0.4 is 0 Å². The van der Waals surface area contributed by atoms with Crippen LogP contribution in [0.5, 0.6) is 0 Å². The molecule has 7 nitrogen and oxygen atoms in total. The maximum Gasteiger partial charge on any atom is 0.264 e. The molecule has 3 aliphatic rings. The first-order valence-electron chi connectivity index (χ1n) is 6.07. The number of hydrazine groups is 1. The first kappa shape index (κ1) is 11.5. The zero-order valence-corrected chi connectivity index (χ0v) is 10.4. The number of hydrogen-bond donors (Lipinski definition) is 0. The summed E-state index contributed by atoms with van der Waals surface area (Å²) >= 11 is 0. The van der Waals surface area contributed by atoms with Crippen molar-refractivity contribution in [3.63, 3.8) is 0 Å². The van der Waals surface area contributed by atoms with E-state index in [0.717, 1.165) is 11.6 Å². The monoisotopic (exact) mass is 253 g/mol. The predicted octanol–water partition coefficient (Wildman–Crippen LogP) is -0.200. The fraction of sp³-hybridized carbons (Fsp3) is 0.727. The van der Waals surface area contributed by atoms with Gasteiger partial charge in [0.25, 0.3) is 11.5 Å². The van der Waals surface area contributed by atoms with Crippen LogP contribution in [0.3, 0.4) is 0 Å². The Kier molecular flexibility index (Phi) is 2.19. The van der Waals surface area contributed by atoms with Crippen molar-refractivity contribution in [3.8, 4) is 0 Å². The van der Waals surface area contributed by atoms with E-state index in [1.165, 1.54) is 6.92 Å². The molecule has 7 heteroatoms. The highest BCUT2D eigenvalue weighted by Crippen LogP contribution is 2.38. The second kappa shape index (κ2) is 3.44. The van der Waals surface area contributed by atoms with Gasteiger partial charge < -0.3 is 10.1 Å². The van der Waals surface area contributed by atoms with Crippen LogP contribution in [-0.4, -0.2) is 50.6 Å². The van der Waals surface area contributed by atoms with Crippen molar-refractivity contribution in [1.82, 2.24) is 10.1 Å². The Morgan fingerprint density at radius 3 is 2.78 bits per heavy atom. The van der Waals surface area contributed by atoms with Gasteiger partial charge in [-0.1, -0.05) is 4.85 Å². The van der Waals surface area contributed by atoms with E-state index in [1.54, 1.807) is 11.8 Å². The van der Waals surface area contributed by atoms with Crippen molar-refractivity contribution >= 4 is 17.4 Å². The Hall–Kier alpha value is -1.63. The van der Waals surface area contributed by atoms with Crippen molar-refractivity contribution in [2.45, 2.75) is 44.9 Å². The third-order valence-electron chi connectivity index (χ3n) is 3.94. The van der Waals surface area contributed by atoms with Crippen molar-refractivity contribution in [2.75, 3.05) is 6.54 Å². The molecular weight excluding hydrogens is 238 g/mol. The summed E-state index contributed by atoms with van der Waals surface area (Å²) in [6, 6.07) is 0. The van der Waals surface area contributed by atoms with Gasteiger partial charge in [-0.25, -0.2) is 0 Å². The summed E-state index contributed by atoms with van der Waals surface area (Å²) in [6.45, 7) is 3.79. The molecule has 0 unspecified atom stereocenters. The zero-order valence-electron chi connectivity index (χ0n) is 10.4. The predicted molar refractivity (Wildman–Crippen MR) is 60.0 cm³/mol. The number of hydroxylamine groups is 1. The van der Waals surface area contributed by atoms with E-state index >= 15 is 0 Å². The molecule has 3 heterocycles. The lowest BCUT2D eigenvalue weighted by atomic mass is 9.92. The first-order chi connectivity index (χ1) is 8.45. The van der Waals surface area contributed by atoms with Crippen LogP contribution in [-0.2, 0) is 14.4 Å². The van der Waals surface area contributed by atoms with Crippen molar-refractivity contribution in [3.05, 3.63) is 5.21 Å². The summed E-state index contributed by atoms with van der Waals surface area (Å²) in [7, 11) is 0. The minimum atomic E-state index is -0.973. The minimum Gasteiger partial charge on any atom is -0.594 e. The largest absolute Gasteiger partial charge is 0.594 e. The van der Waals surface area contributed by atoms with E-state index in [-0.39, 0.29) is 17.4 Å². The third kappa shape index (κ3) is 1.25. The Bertz CT molecular complexity index is 475. The minimum absolute atomic E-state index is 0.0235. The summed E-state index contributed by atoms with van der Waals surface area (Å²) < 4.78 is 0. The van der Waals surface area contributed by atoms with Crippen LogP contribution >= 0.6 is 0 Å². The van der Waals surface area contributed by atoms with Crippen LogP contribution in [0.1, 0.15) is 33.1 Å². The van der Waals surface area contributed by atoms with Gasteiger partial charge in [0, 0.05) is 26.3 Å². The maximum absolute atomic E-state index is 12.1. The summed E-state index contributed by atoms with van der Waals surface area (Å²) in [5, 5.41) is 12.9. The number of carbonyl (C=O) groups excluding carboxylic acids is 2. The molecule has 2 saturated heterocycles. The maximum atomic E-state index is 12.1. The van der Waals surface area contributed by atoms with E-state index < -0.39 is 11.8 Å². The average molecular weight is 253 g/mol. The number of rotatable bonds is 1. The summed E-state index contributed by atoms with van der Waals surface area (Å²) in [5.74, 6) is -0.206. The number of hydrogen-bond acceptors (Lipinski definition) is 5. The average Bonchev–Trinajstić information content (AvgIpc) is 2.94. The quantitative estimate of drug-likeness (QED) is 0.478. The standard InChI is InChI=1S/C11H15N3O4/c1-7-10(16)11(2)6-9(18-14(11)13(7)17)12-5-3-4-8(12)15/h9H,3-6H2,1-2H3/t9-,11+/m1/s1. The number of hydrazone groups is 1. The van der Waals surface area contributed by atoms with E-state index in [4.69, 9.17) is 4.84 Å². The van der Waals surface area contributed by atoms with Gasteiger partial charge in [-0.15, -0.1) is 0 Å². The normalized spacial score (nSPS) is 36.0. The second-order valence-electron chi connectivity index (χ2n) is 5.19. The fourth-order valence-corrected chi connectivity index (χ4v) is 2.86. The second-order valence-corrected chi connectivity index (χ2v) is 5.19. The molecule has 0 saturated carbocycles. The first-order valence-corrected chi connectivity index (χ1v) is 6.07. The number of likely N-dealkylation sites (tertiary alicyclic amines) is 1. The van der Waals surface area contributed by atoms with Gasteiger partial charge in [0.2, 0.25) is 5.91 Å². The highest BCUT2D eigenvalue weighted by Gasteiger charge is 2.62. The van der Waals surface area contributed by atoms with Gasteiger partial charge in [-0.05, 0) is 18.5 Å². The molecule has 3 aliphatic heterocycles. The number of nitrogens with zero attached hydrogens (tertiary/aromatic N) is 3. The van der Waals surface area contributed by atoms with Gasteiger partial charge in [0.15, 0.2) is 11.8 Å². The molecule has 2 fully saturated rings. The van der Waals surface area contributed by atoms with Crippen LogP contribution in [0.25, 0.3) is 0 Å². The molecule has 0 aliphatic carbocycles. The lowest BCUT2D eigenvalue weighted by Crippen LogP contribution is -2.43. The number of fused-ring (bicyclic) bond motifs is 1. The molecule has 0 bridgehead atoms. The molecule has 1 amide bonds. The zero-order chi connectivity index (χ0) is 13.1. The Balaban J connectivity index is 1.87. The highest BCUT2D eigenvalue weighted by atomic mass is 16.8. The van der Waals surface area contributed by atoms with Gasteiger partial charge in [0.05, 0.1) is 0 Å². The topological polar surface area (TPSA) is 75.9 Å². The molecule has 0 spiro atoms. The van der Waals surface area contributed by atoms with Crippen molar-refractivity contribution < 1.29 is 19.3 Å². The molecular formula is C11H15N3O4.